The highest BCUT2D eigenvalue weighted by molar-refractivity contribution is 6.46. The number of nitro groups is 1. The molecule has 2 aromatic rings. The first kappa shape index (κ1) is 14.1. The van der Waals surface area contributed by atoms with Crippen LogP contribution in [0.1, 0.15) is 0 Å². The molecule has 0 N–H and O–H groups in total. The van der Waals surface area contributed by atoms with Gasteiger partial charge in [0.2, 0.25) is 5.82 Å². The molecular weight excluding hydrogens is 315 g/mol. The van der Waals surface area contributed by atoms with E-state index >= 15 is 0 Å². The number of para-hydroxylation sites is 1. The smallest absolute Gasteiger partial charge is 0.258 e. The summed E-state index contributed by atoms with van der Waals surface area (Å²) in [5.74, 6) is -0.963. The molecule has 0 radical (unpaired) electrons. The zero-order valence-corrected chi connectivity index (χ0v) is 11.4. The Balaban J connectivity index is 2.84. The van der Waals surface area contributed by atoms with Crippen LogP contribution in [0.25, 0.3) is 11.1 Å². The average Bonchev–Trinajstić information content (AvgIpc) is 2.34. The van der Waals surface area contributed by atoms with Crippen LogP contribution >= 0.6 is 34.8 Å². The highest BCUT2D eigenvalue weighted by Crippen LogP contribution is 2.43. The summed E-state index contributed by atoms with van der Waals surface area (Å²) < 4.78 is 13.6. The molecule has 0 heterocycles. The van der Waals surface area contributed by atoms with Crippen LogP contribution in [0.2, 0.25) is 15.1 Å². The first-order valence-electron chi connectivity index (χ1n) is 5.00. The highest BCUT2D eigenvalue weighted by Gasteiger charge is 2.24. The Morgan fingerprint density at radius 1 is 1.05 bits per heavy atom. The van der Waals surface area contributed by atoms with Gasteiger partial charge in [0.05, 0.1) is 25.6 Å². The molecule has 2 aromatic carbocycles. The molecule has 0 atom stereocenters. The Hall–Kier alpha value is -1.36. The first-order chi connectivity index (χ1) is 8.93. The average molecular weight is 321 g/mol. The van der Waals surface area contributed by atoms with Gasteiger partial charge >= 0.3 is 5.69 Å². The zero-order chi connectivity index (χ0) is 14.2. The lowest BCUT2D eigenvalue weighted by Gasteiger charge is -2.09. The number of nitrogens with zero attached hydrogens (tertiary/aromatic N) is 1. The van der Waals surface area contributed by atoms with Crippen molar-refractivity contribution in [3.63, 3.8) is 0 Å². The Morgan fingerprint density at radius 3 is 2.32 bits per heavy atom. The minimum absolute atomic E-state index is 0.0116. The third kappa shape index (κ3) is 2.52. The fourth-order valence-corrected chi connectivity index (χ4v) is 2.41. The van der Waals surface area contributed by atoms with Crippen LogP contribution < -0.4 is 0 Å². The van der Waals surface area contributed by atoms with Crippen molar-refractivity contribution in [1.29, 1.82) is 0 Å². The molecule has 98 valence electrons. The lowest BCUT2D eigenvalue weighted by atomic mass is 10.0. The minimum Gasteiger partial charge on any atom is -0.258 e. The number of hydrogen-bond acceptors (Lipinski definition) is 2. The molecule has 0 spiro atoms. The molecule has 0 aliphatic rings. The second kappa shape index (κ2) is 5.33. The molecular formula is C12H5Cl3FNO2. The molecule has 0 aliphatic carbocycles. The molecule has 19 heavy (non-hydrogen) atoms. The van der Waals surface area contributed by atoms with Crippen molar-refractivity contribution in [2.24, 2.45) is 0 Å². The standard InChI is InChI=1S/C12H5Cl3FNO2/c13-7-4-5-8(14)11(15)10(7)6-2-1-3-9(16)12(6)17(18)19/h1-5H. The van der Waals surface area contributed by atoms with Crippen molar-refractivity contribution < 1.29 is 9.31 Å². The maximum atomic E-state index is 13.6. The van der Waals surface area contributed by atoms with Gasteiger partial charge in [0, 0.05) is 5.56 Å². The lowest BCUT2D eigenvalue weighted by Crippen LogP contribution is -1.96. The first-order valence-corrected chi connectivity index (χ1v) is 6.13. The number of rotatable bonds is 2. The molecule has 0 aliphatic heterocycles. The Bertz CT molecular complexity index is 676. The van der Waals surface area contributed by atoms with E-state index in [1.54, 1.807) is 0 Å². The fourth-order valence-electron chi connectivity index (χ4n) is 1.68. The van der Waals surface area contributed by atoms with Gasteiger partial charge in [0.1, 0.15) is 0 Å². The Morgan fingerprint density at radius 2 is 1.68 bits per heavy atom. The molecule has 0 bridgehead atoms. The summed E-state index contributed by atoms with van der Waals surface area (Å²) in [5.41, 5.74) is -0.557. The topological polar surface area (TPSA) is 43.1 Å². The summed E-state index contributed by atoms with van der Waals surface area (Å²) in [6.07, 6.45) is 0. The van der Waals surface area contributed by atoms with Crippen LogP contribution in [-0.2, 0) is 0 Å². The minimum atomic E-state index is -0.963. The van der Waals surface area contributed by atoms with Crippen molar-refractivity contribution in [3.8, 4) is 11.1 Å². The molecule has 0 saturated carbocycles. The quantitative estimate of drug-likeness (QED) is 0.424. The van der Waals surface area contributed by atoms with E-state index in [1.165, 1.54) is 24.3 Å². The molecule has 7 heteroatoms. The van der Waals surface area contributed by atoms with Gasteiger partial charge in [-0.25, -0.2) is 0 Å². The van der Waals surface area contributed by atoms with Gasteiger partial charge in [-0.15, -0.1) is 0 Å². The molecule has 0 fully saturated rings. The van der Waals surface area contributed by atoms with Crippen LogP contribution in [0.3, 0.4) is 0 Å². The lowest BCUT2D eigenvalue weighted by molar-refractivity contribution is -0.386. The highest BCUT2D eigenvalue weighted by atomic mass is 35.5. The van der Waals surface area contributed by atoms with Gasteiger partial charge in [0.25, 0.3) is 0 Å². The molecule has 2 rings (SSSR count). The largest absolute Gasteiger partial charge is 0.312 e. The molecule has 0 unspecified atom stereocenters. The van der Waals surface area contributed by atoms with E-state index in [-0.39, 0.29) is 26.2 Å². The van der Waals surface area contributed by atoms with Crippen molar-refractivity contribution >= 4 is 40.5 Å². The molecule has 0 aromatic heterocycles. The van der Waals surface area contributed by atoms with E-state index in [0.717, 1.165) is 6.07 Å². The molecule has 3 nitrogen and oxygen atoms in total. The van der Waals surface area contributed by atoms with E-state index in [9.17, 15) is 14.5 Å². The third-order valence-electron chi connectivity index (χ3n) is 2.48. The van der Waals surface area contributed by atoms with Crippen LogP contribution in [0.15, 0.2) is 30.3 Å². The predicted octanol–water partition coefficient (Wildman–Crippen LogP) is 5.36. The van der Waals surface area contributed by atoms with Gasteiger partial charge in [-0.2, -0.15) is 4.39 Å². The second-order valence-electron chi connectivity index (χ2n) is 3.61. The molecule has 0 amide bonds. The van der Waals surface area contributed by atoms with Crippen LogP contribution in [0.4, 0.5) is 10.1 Å². The summed E-state index contributed by atoms with van der Waals surface area (Å²) in [6.45, 7) is 0. The van der Waals surface area contributed by atoms with E-state index in [2.05, 4.69) is 0 Å². The van der Waals surface area contributed by atoms with Crippen LogP contribution in [-0.4, -0.2) is 4.92 Å². The van der Waals surface area contributed by atoms with Gasteiger partial charge in [-0.05, 0) is 24.3 Å². The van der Waals surface area contributed by atoms with Crippen molar-refractivity contribution in [2.45, 2.75) is 0 Å². The van der Waals surface area contributed by atoms with Crippen LogP contribution in [0.5, 0.6) is 0 Å². The number of halogens is 4. The van der Waals surface area contributed by atoms with E-state index in [0.29, 0.717) is 0 Å². The van der Waals surface area contributed by atoms with Gasteiger partial charge < -0.3 is 0 Å². The third-order valence-corrected chi connectivity index (χ3v) is 3.60. The van der Waals surface area contributed by atoms with Gasteiger partial charge in [-0.3, -0.25) is 10.1 Å². The number of nitro benzene ring substituents is 1. The Labute approximate surface area is 122 Å². The summed E-state index contributed by atoms with van der Waals surface area (Å²) in [7, 11) is 0. The van der Waals surface area contributed by atoms with Gasteiger partial charge in [-0.1, -0.05) is 40.9 Å². The summed E-state index contributed by atoms with van der Waals surface area (Å²) >= 11 is 17.8. The fraction of sp³-hybridized carbons (Fsp3) is 0. The van der Waals surface area contributed by atoms with E-state index < -0.39 is 16.4 Å². The van der Waals surface area contributed by atoms with Gasteiger partial charge in [0.15, 0.2) is 0 Å². The van der Waals surface area contributed by atoms with Crippen molar-refractivity contribution in [3.05, 3.63) is 61.3 Å². The van der Waals surface area contributed by atoms with E-state index in [1.807, 2.05) is 0 Å². The monoisotopic (exact) mass is 319 g/mol. The number of hydrogen-bond donors (Lipinski definition) is 0. The summed E-state index contributed by atoms with van der Waals surface area (Å²) in [6, 6.07) is 6.60. The number of benzene rings is 2. The molecule has 0 saturated heterocycles. The normalized spacial score (nSPS) is 10.5. The summed E-state index contributed by atoms with van der Waals surface area (Å²) in [4.78, 5) is 10.1. The van der Waals surface area contributed by atoms with Crippen molar-refractivity contribution in [2.75, 3.05) is 0 Å². The second-order valence-corrected chi connectivity index (χ2v) is 4.80. The van der Waals surface area contributed by atoms with Crippen LogP contribution in [0, 0.1) is 15.9 Å². The zero-order valence-electron chi connectivity index (χ0n) is 9.16. The maximum Gasteiger partial charge on any atom is 0.312 e. The van der Waals surface area contributed by atoms with E-state index in [4.69, 9.17) is 34.8 Å². The Kier molecular flexibility index (Phi) is 3.94. The SMILES string of the molecule is O=[N+]([O-])c1c(F)cccc1-c1c(Cl)ccc(Cl)c1Cl. The van der Waals surface area contributed by atoms with Crippen molar-refractivity contribution in [1.82, 2.24) is 0 Å². The summed E-state index contributed by atoms with van der Waals surface area (Å²) in [5, 5.41) is 11.4. The predicted molar refractivity (Wildman–Crippen MR) is 73.5 cm³/mol. The maximum absolute atomic E-state index is 13.6.